The number of nitrogens with zero attached hydrogens (tertiary/aromatic N) is 2. The van der Waals surface area contributed by atoms with E-state index in [-0.39, 0.29) is 42.7 Å². The van der Waals surface area contributed by atoms with Crippen molar-refractivity contribution in [3.05, 3.63) is 88.4 Å². The average molecular weight is 558 g/mol. The van der Waals surface area contributed by atoms with Gasteiger partial charge in [-0.3, -0.25) is 9.59 Å². The number of carbonyl (C=O) groups is 3. The van der Waals surface area contributed by atoms with E-state index in [1.54, 1.807) is 13.0 Å². The van der Waals surface area contributed by atoms with Crippen LogP contribution in [0.15, 0.2) is 66.7 Å². The maximum atomic E-state index is 13.4. The molecule has 1 spiro atoms. The van der Waals surface area contributed by atoms with Gasteiger partial charge in [0.1, 0.15) is 6.61 Å². The van der Waals surface area contributed by atoms with Gasteiger partial charge in [-0.05, 0) is 58.9 Å². The zero-order chi connectivity index (χ0) is 27.9. The largest absolute Gasteiger partial charge is 0.449 e. The molecular weight excluding hydrogens is 526 g/mol. The second-order valence-electron chi connectivity index (χ2n) is 10.9. The maximum Gasteiger partial charge on any atom is 0.407 e. The third-order valence-electron chi connectivity index (χ3n) is 8.70. The number of piperidine rings is 1. The van der Waals surface area contributed by atoms with Crippen molar-refractivity contribution in [1.29, 1.82) is 0 Å². The van der Waals surface area contributed by atoms with Gasteiger partial charge in [0.2, 0.25) is 11.8 Å². The average Bonchev–Trinajstić information content (AvgIpc) is 3.44. The second kappa shape index (κ2) is 10.6. The van der Waals surface area contributed by atoms with Crippen molar-refractivity contribution in [3.63, 3.8) is 0 Å². The van der Waals surface area contributed by atoms with Crippen molar-refractivity contribution < 1.29 is 19.1 Å². The van der Waals surface area contributed by atoms with Gasteiger partial charge in [0.05, 0.1) is 0 Å². The van der Waals surface area contributed by atoms with Gasteiger partial charge in [-0.25, -0.2) is 4.79 Å². The van der Waals surface area contributed by atoms with Gasteiger partial charge < -0.3 is 19.9 Å². The van der Waals surface area contributed by atoms with Crippen LogP contribution in [0.5, 0.6) is 0 Å². The van der Waals surface area contributed by atoms with Gasteiger partial charge in [0.15, 0.2) is 0 Å². The van der Waals surface area contributed by atoms with Crippen molar-refractivity contribution in [1.82, 2.24) is 10.2 Å². The number of carbonyl (C=O) groups excluding carboxylic acids is 3. The van der Waals surface area contributed by atoms with Crippen molar-refractivity contribution in [3.8, 4) is 11.1 Å². The molecule has 1 fully saturated rings. The van der Waals surface area contributed by atoms with Crippen molar-refractivity contribution in [2.45, 2.75) is 37.5 Å². The Morgan fingerprint density at radius 2 is 1.62 bits per heavy atom. The normalized spacial score (nSPS) is 16.9. The molecule has 3 aromatic rings. The highest BCUT2D eigenvalue weighted by atomic mass is 35.5. The third kappa shape index (κ3) is 4.73. The number of rotatable bonds is 5. The first kappa shape index (κ1) is 26.4. The van der Waals surface area contributed by atoms with E-state index in [1.165, 1.54) is 11.1 Å². The Labute approximate surface area is 239 Å². The van der Waals surface area contributed by atoms with Gasteiger partial charge in [-0.15, -0.1) is 0 Å². The van der Waals surface area contributed by atoms with Gasteiger partial charge in [0, 0.05) is 61.6 Å². The Hall–Kier alpha value is -3.84. The molecule has 0 atom stereocenters. The Bertz CT molecular complexity index is 1430. The molecule has 1 aliphatic carbocycles. The molecule has 3 amide bonds. The topological polar surface area (TPSA) is 79.0 Å². The predicted octanol–water partition coefficient (Wildman–Crippen LogP) is 5.50. The van der Waals surface area contributed by atoms with E-state index < -0.39 is 6.09 Å². The van der Waals surface area contributed by atoms with E-state index in [2.05, 4.69) is 29.6 Å². The molecule has 0 saturated carbocycles. The number of halogens is 1. The van der Waals surface area contributed by atoms with Gasteiger partial charge in [0.25, 0.3) is 0 Å². The molecule has 2 heterocycles. The molecule has 1 saturated heterocycles. The minimum absolute atomic E-state index is 0.0154. The number of amides is 3. The molecule has 0 aromatic heterocycles. The summed E-state index contributed by atoms with van der Waals surface area (Å²) < 4.78 is 5.61. The fraction of sp³-hybridized carbons (Fsp3) is 0.344. The van der Waals surface area contributed by atoms with Crippen LogP contribution in [0, 0.1) is 0 Å². The first-order chi connectivity index (χ1) is 19.4. The molecule has 40 heavy (non-hydrogen) atoms. The summed E-state index contributed by atoms with van der Waals surface area (Å²) in [6, 6.07) is 22.1. The molecule has 0 radical (unpaired) electrons. The number of likely N-dealkylation sites (tertiary alicyclic amines) is 1. The van der Waals surface area contributed by atoms with Gasteiger partial charge in [-0.1, -0.05) is 60.1 Å². The lowest BCUT2D eigenvalue weighted by Crippen LogP contribution is -2.47. The molecular formula is C32H32ClN3O4. The number of hydrogen-bond acceptors (Lipinski definition) is 4. The lowest BCUT2D eigenvalue weighted by molar-refractivity contribution is -0.130. The summed E-state index contributed by atoms with van der Waals surface area (Å²) in [5.74, 6) is -0.00174. The number of benzene rings is 3. The summed E-state index contributed by atoms with van der Waals surface area (Å²) in [5, 5.41) is 3.39. The summed E-state index contributed by atoms with van der Waals surface area (Å²) in [6.45, 7) is 3.88. The van der Waals surface area contributed by atoms with Crippen LogP contribution in [-0.4, -0.2) is 55.6 Å². The van der Waals surface area contributed by atoms with Crippen LogP contribution in [0.25, 0.3) is 11.1 Å². The molecule has 206 valence electrons. The maximum absolute atomic E-state index is 13.4. The van der Waals surface area contributed by atoms with Crippen molar-refractivity contribution >= 4 is 35.2 Å². The zero-order valence-corrected chi connectivity index (χ0v) is 23.2. The second-order valence-corrected chi connectivity index (χ2v) is 11.4. The monoisotopic (exact) mass is 557 g/mol. The van der Waals surface area contributed by atoms with E-state index in [0.717, 1.165) is 35.2 Å². The molecule has 3 aromatic carbocycles. The fourth-order valence-electron chi connectivity index (χ4n) is 6.60. The summed E-state index contributed by atoms with van der Waals surface area (Å²) in [4.78, 5) is 41.5. The van der Waals surface area contributed by atoms with Gasteiger partial charge in [-0.2, -0.15) is 0 Å². The highest BCUT2D eigenvalue weighted by molar-refractivity contribution is 6.30. The minimum atomic E-state index is -0.531. The van der Waals surface area contributed by atoms with Crippen LogP contribution < -0.4 is 10.2 Å². The van der Waals surface area contributed by atoms with Crippen LogP contribution in [0.4, 0.5) is 10.5 Å². The Balaban J connectivity index is 1.06. The SMILES string of the molecule is CC(=O)N1CCC2(CC1)CN(C(=O)CCNC(=O)OCC1c3ccccc3-c3ccccc31)c1ccc(Cl)cc12. The first-order valence-electron chi connectivity index (χ1n) is 13.8. The highest BCUT2D eigenvalue weighted by Gasteiger charge is 2.46. The van der Waals surface area contributed by atoms with Crippen LogP contribution in [-0.2, 0) is 19.7 Å². The van der Waals surface area contributed by atoms with Crippen molar-refractivity contribution in [2.75, 3.05) is 37.7 Å². The van der Waals surface area contributed by atoms with E-state index in [0.29, 0.717) is 24.7 Å². The third-order valence-corrected chi connectivity index (χ3v) is 8.94. The lowest BCUT2D eigenvalue weighted by Gasteiger charge is -2.39. The number of anilines is 1. The van der Waals surface area contributed by atoms with Crippen LogP contribution in [0.2, 0.25) is 5.02 Å². The number of ether oxygens (including phenoxy) is 1. The summed E-state index contributed by atoms with van der Waals surface area (Å²) in [6.07, 6.45) is 1.18. The number of hydrogen-bond donors (Lipinski definition) is 1. The molecule has 7 nitrogen and oxygen atoms in total. The van der Waals surface area contributed by atoms with E-state index >= 15 is 0 Å². The van der Waals surface area contributed by atoms with E-state index in [9.17, 15) is 14.4 Å². The van der Waals surface area contributed by atoms with Crippen LogP contribution in [0.3, 0.4) is 0 Å². The summed E-state index contributed by atoms with van der Waals surface area (Å²) >= 11 is 6.35. The van der Waals surface area contributed by atoms with E-state index in [4.69, 9.17) is 16.3 Å². The molecule has 0 unspecified atom stereocenters. The highest BCUT2D eigenvalue weighted by Crippen LogP contribution is 2.48. The molecule has 3 aliphatic rings. The fourth-order valence-corrected chi connectivity index (χ4v) is 6.77. The van der Waals surface area contributed by atoms with Crippen LogP contribution >= 0.6 is 11.6 Å². The Morgan fingerprint density at radius 3 is 2.27 bits per heavy atom. The first-order valence-corrected chi connectivity index (χ1v) is 14.2. The Kier molecular flexibility index (Phi) is 7.00. The molecule has 2 aliphatic heterocycles. The Morgan fingerprint density at radius 1 is 0.975 bits per heavy atom. The number of fused-ring (bicyclic) bond motifs is 5. The minimum Gasteiger partial charge on any atom is -0.449 e. The van der Waals surface area contributed by atoms with Gasteiger partial charge >= 0.3 is 6.09 Å². The zero-order valence-electron chi connectivity index (χ0n) is 22.5. The molecule has 8 heteroatoms. The molecule has 6 rings (SSSR count). The number of alkyl carbamates (subject to hydrolysis) is 1. The molecule has 1 N–H and O–H groups in total. The standard InChI is InChI=1S/C32H32ClN3O4/c1-21(37)35-16-13-32(14-17-35)20-36(29-11-10-22(33)18-28(29)32)30(38)12-15-34-31(39)40-19-27-25-8-4-2-6-23(25)24-7-3-5-9-26(24)27/h2-11,18,27H,12-17,19-20H2,1H3,(H,34,39). The quantitative estimate of drug-likeness (QED) is 0.449. The van der Waals surface area contributed by atoms with Crippen molar-refractivity contribution in [2.24, 2.45) is 0 Å². The summed E-state index contributed by atoms with van der Waals surface area (Å²) in [5.41, 5.74) is 6.38. The number of nitrogens with one attached hydrogen (secondary N) is 1. The molecule has 0 bridgehead atoms. The lowest BCUT2D eigenvalue weighted by atomic mass is 9.74. The van der Waals surface area contributed by atoms with E-state index in [1.807, 2.05) is 46.2 Å². The van der Waals surface area contributed by atoms with Crippen LogP contribution in [0.1, 0.15) is 48.8 Å². The smallest absolute Gasteiger partial charge is 0.407 e. The summed E-state index contributed by atoms with van der Waals surface area (Å²) in [7, 11) is 0. The predicted molar refractivity (Wildman–Crippen MR) is 155 cm³/mol.